The highest BCUT2D eigenvalue weighted by molar-refractivity contribution is 5.84. The van der Waals surface area contributed by atoms with Crippen molar-refractivity contribution in [2.24, 2.45) is 17.1 Å². The van der Waals surface area contributed by atoms with E-state index in [-0.39, 0.29) is 17.4 Å². The smallest absolute Gasteiger partial charge is 0.230 e. The molecule has 1 aliphatic carbocycles. The lowest BCUT2D eigenvalue weighted by atomic mass is 9.67. The second-order valence-electron chi connectivity index (χ2n) is 5.71. The molecule has 17 heavy (non-hydrogen) atoms. The van der Waals surface area contributed by atoms with Crippen LogP contribution in [0, 0.1) is 11.3 Å². The Morgan fingerprint density at radius 2 is 2.06 bits per heavy atom. The number of carbonyl (C=O) groups excluding carboxylic acids is 1. The van der Waals surface area contributed by atoms with Gasteiger partial charge in [-0.1, -0.05) is 6.42 Å². The van der Waals surface area contributed by atoms with E-state index in [2.05, 4.69) is 0 Å². The molecule has 0 bridgehead atoms. The average Bonchev–Trinajstić information content (AvgIpc) is 2.28. The number of nitrogens with zero attached hydrogens (tertiary/aromatic N) is 1. The van der Waals surface area contributed by atoms with Gasteiger partial charge in [0.15, 0.2) is 0 Å². The largest absolute Gasteiger partial charge is 0.393 e. The predicted octanol–water partition coefficient (Wildman–Crippen LogP) is 0.735. The summed E-state index contributed by atoms with van der Waals surface area (Å²) in [5.41, 5.74) is 5.53. The van der Waals surface area contributed by atoms with E-state index >= 15 is 0 Å². The van der Waals surface area contributed by atoms with Crippen molar-refractivity contribution < 1.29 is 9.90 Å². The molecular formula is C13H24N2O2. The summed E-state index contributed by atoms with van der Waals surface area (Å²) in [6, 6.07) is 0. The number of hydrogen-bond acceptors (Lipinski definition) is 3. The van der Waals surface area contributed by atoms with Crippen LogP contribution in [-0.4, -0.2) is 41.7 Å². The lowest BCUT2D eigenvalue weighted by molar-refractivity contribution is -0.148. The third-order valence-corrected chi connectivity index (χ3v) is 4.66. The zero-order valence-corrected chi connectivity index (χ0v) is 10.7. The van der Waals surface area contributed by atoms with Gasteiger partial charge in [0.05, 0.1) is 11.5 Å². The van der Waals surface area contributed by atoms with Gasteiger partial charge in [-0.05, 0) is 38.5 Å². The van der Waals surface area contributed by atoms with Crippen LogP contribution in [-0.2, 0) is 4.79 Å². The Hall–Kier alpha value is -0.610. The zero-order chi connectivity index (χ0) is 12.5. The van der Waals surface area contributed by atoms with Gasteiger partial charge in [-0.2, -0.15) is 0 Å². The highest BCUT2D eigenvalue weighted by Crippen LogP contribution is 2.42. The second-order valence-corrected chi connectivity index (χ2v) is 5.71. The molecule has 0 aromatic carbocycles. The van der Waals surface area contributed by atoms with Gasteiger partial charge in [0.25, 0.3) is 0 Å². The maximum absolute atomic E-state index is 12.4. The van der Waals surface area contributed by atoms with E-state index < -0.39 is 0 Å². The van der Waals surface area contributed by atoms with Crippen molar-refractivity contribution in [1.82, 2.24) is 4.90 Å². The Kier molecular flexibility index (Phi) is 3.73. The molecule has 4 heteroatoms. The molecule has 0 spiro atoms. The predicted molar refractivity (Wildman–Crippen MR) is 66.3 cm³/mol. The number of aliphatic hydroxyl groups excluding tert-OH is 1. The Labute approximate surface area is 103 Å². The first kappa shape index (κ1) is 12.8. The molecule has 1 saturated carbocycles. The number of aliphatic hydroxyl groups is 1. The van der Waals surface area contributed by atoms with Crippen LogP contribution in [0.3, 0.4) is 0 Å². The molecule has 98 valence electrons. The van der Waals surface area contributed by atoms with Crippen LogP contribution >= 0.6 is 0 Å². The van der Waals surface area contributed by atoms with E-state index in [0.717, 1.165) is 45.2 Å². The average molecular weight is 240 g/mol. The topological polar surface area (TPSA) is 66.6 Å². The Morgan fingerprint density at radius 3 is 2.41 bits per heavy atom. The summed E-state index contributed by atoms with van der Waals surface area (Å²) in [5.74, 6) is 0.615. The number of rotatable bonds is 3. The van der Waals surface area contributed by atoms with Crippen LogP contribution in [0.1, 0.15) is 39.0 Å². The summed E-state index contributed by atoms with van der Waals surface area (Å²) in [6.07, 6.45) is 4.64. The summed E-state index contributed by atoms with van der Waals surface area (Å²) in [5, 5.41) is 9.54. The molecule has 3 N–H and O–H groups in total. The molecule has 1 heterocycles. The van der Waals surface area contributed by atoms with Crippen LogP contribution < -0.4 is 5.73 Å². The van der Waals surface area contributed by atoms with Crippen molar-refractivity contribution in [3.05, 3.63) is 0 Å². The standard InChI is InChI=1S/C13H24N2O2/c1-10(16)11-3-7-15(8-4-11)12(17)13(9-14)5-2-6-13/h10-11,16H,2-9,14H2,1H3. The van der Waals surface area contributed by atoms with Gasteiger partial charge in [0, 0.05) is 19.6 Å². The summed E-state index contributed by atoms with van der Waals surface area (Å²) in [6.45, 7) is 3.91. The third kappa shape index (κ3) is 2.33. The second kappa shape index (κ2) is 4.94. The van der Waals surface area contributed by atoms with Crippen LogP contribution in [0.25, 0.3) is 0 Å². The van der Waals surface area contributed by atoms with E-state index in [1.54, 1.807) is 0 Å². The third-order valence-electron chi connectivity index (χ3n) is 4.66. The molecule has 1 aliphatic heterocycles. The first-order valence-electron chi connectivity index (χ1n) is 6.76. The summed E-state index contributed by atoms with van der Waals surface area (Å²) >= 11 is 0. The van der Waals surface area contributed by atoms with Gasteiger partial charge >= 0.3 is 0 Å². The fraction of sp³-hybridized carbons (Fsp3) is 0.923. The maximum Gasteiger partial charge on any atom is 0.230 e. The highest BCUT2D eigenvalue weighted by Gasteiger charge is 2.45. The Balaban J connectivity index is 1.90. The van der Waals surface area contributed by atoms with E-state index in [1.165, 1.54) is 0 Å². The van der Waals surface area contributed by atoms with Gasteiger partial charge in [0.2, 0.25) is 5.91 Å². The number of amides is 1. The quantitative estimate of drug-likeness (QED) is 0.764. The molecule has 0 radical (unpaired) electrons. The molecule has 4 nitrogen and oxygen atoms in total. The van der Waals surface area contributed by atoms with Gasteiger partial charge < -0.3 is 15.7 Å². The number of likely N-dealkylation sites (tertiary alicyclic amines) is 1. The van der Waals surface area contributed by atoms with Crippen molar-refractivity contribution in [2.75, 3.05) is 19.6 Å². The van der Waals surface area contributed by atoms with E-state index in [1.807, 2.05) is 11.8 Å². The molecule has 1 unspecified atom stereocenters. The molecule has 2 aliphatic rings. The first-order valence-corrected chi connectivity index (χ1v) is 6.76. The van der Waals surface area contributed by atoms with Gasteiger partial charge in [-0.3, -0.25) is 4.79 Å². The van der Waals surface area contributed by atoms with Crippen molar-refractivity contribution in [3.63, 3.8) is 0 Å². The van der Waals surface area contributed by atoms with Crippen molar-refractivity contribution in [2.45, 2.75) is 45.1 Å². The summed E-state index contributed by atoms with van der Waals surface area (Å²) < 4.78 is 0. The molecular weight excluding hydrogens is 216 g/mol. The maximum atomic E-state index is 12.4. The molecule has 2 rings (SSSR count). The highest BCUT2D eigenvalue weighted by atomic mass is 16.3. The fourth-order valence-corrected chi connectivity index (χ4v) is 3.03. The number of piperidine rings is 1. The Morgan fingerprint density at radius 1 is 1.47 bits per heavy atom. The molecule has 1 atom stereocenters. The van der Waals surface area contributed by atoms with Crippen molar-refractivity contribution in [1.29, 1.82) is 0 Å². The Bertz CT molecular complexity index is 274. The monoisotopic (exact) mass is 240 g/mol. The summed E-state index contributed by atoms with van der Waals surface area (Å²) in [4.78, 5) is 14.4. The van der Waals surface area contributed by atoms with Crippen LogP contribution in [0.5, 0.6) is 0 Å². The normalized spacial score (nSPS) is 26.4. The minimum absolute atomic E-state index is 0.238. The lowest BCUT2D eigenvalue weighted by Gasteiger charge is -2.44. The minimum Gasteiger partial charge on any atom is -0.393 e. The van der Waals surface area contributed by atoms with Crippen LogP contribution in [0.2, 0.25) is 0 Å². The summed E-state index contributed by atoms with van der Waals surface area (Å²) in [7, 11) is 0. The van der Waals surface area contributed by atoms with Gasteiger partial charge in [-0.15, -0.1) is 0 Å². The number of carbonyl (C=O) groups is 1. The van der Waals surface area contributed by atoms with Crippen LogP contribution in [0.15, 0.2) is 0 Å². The fourth-order valence-electron chi connectivity index (χ4n) is 3.03. The minimum atomic E-state index is -0.251. The van der Waals surface area contributed by atoms with Crippen molar-refractivity contribution >= 4 is 5.91 Å². The molecule has 0 aromatic rings. The molecule has 1 amide bonds. The van der Waals surface area contributed by atoms with E-state index in [0.29, 0.717) is 12.5 Å². The van der Waals surface area contributed by atoms with Crippen LogP contribution in [0.4, 0.5) is 0 Å². The SMILES string of the molecule is CC(O)C1CCN(C(=O)C2(CN)CCC2)CC1. The van der Waals surface area contributed by atoms with Gasteiger partial charge in [-0.25, -0.2) is 0 Å². The van der Waals surface area contributed by atoms with Gasteiger partial charge in [0.1, 0.15) is 0 Å². The number of nitrogens with two attached hydrogens (primary N) is 1. The molecule has 2 fully saturated rings. The molecule has 1 saturated heterocycles. The lowest BCUT2D eigenvalue weighted by Crippen LogP contribution is -2.54. The van der Waals surface area contributed by atoms with E-state index in [4.69, 9.17) is 5.73 Å². The zero-order valence-electron chi connectivity index (χ0n) is 10.7. The number of hydrogen-bond donors (Lipinski definition) is 2. The molecule has 0 aromatic heterocycles. The van der Waals surface area contributed by atoms with Crippen molar-refractivity contribution in [3.8, 4) is 0 Å². The first-order chi connectivity index (χ1) is 8.09. The van der Waals surface area contributed by atoms with E-state index in [9.17, 15) is 9.90 Å².